The van der Waals surface area contributed by atoms with E-state index >= 15 is 0 Å². The number of ether oxygens (including phenoxy) is 1. The van der Waals surface area contributed by atoms with E-state index in [0.29, 0.717) is 17.7 Å². The van der Waals surface area contributed by atoms with Crippen molar-refractivity contribution < 1.29 is 14.3 Å². The highest BCUT2D eigenvalue weighted by Crippen LogP contribution is 2.13. The predicted octanol–water partition coefficient (Wildman–Crippen LogP) is 1.13. The minimum absolute atomic E-state index is 0.161. The molecule has 0 aliphatic heterocycles. The first-order chi connectivity index (χ1) is 10.2. The summed E-state index contributed by atoms with van der Waals surface area (Å²) in [6, 6.07) is 5.23. The zero-order chi connectivity index (χ0) is 15.2. The number of esters is 1. The van der Waals surface area contributed by atoms with Gasteiger partial charge in [-0.05, 0) is 32.0 Å². The number of nitrogens with zero attached hydrogens (tertiary/aromatic N) is 3. The largest absolute Gasteiger partial charge is 0.466 e. The summed E-state index contributed by atoms with van der Waals surface area (Å²) in [5, 5.41) is 10.7. The number of benzene rings is 1. The van der Waals surface area contributed by atoms with Gasteiger partial charge in [0, 0.05) is 18.7 Å². The summed E-state index contributed by atoms with van der Waals surface area (Å²) in [6.45, 7) is 5.04. The van der Waals surface area contributed by atoms with Gasteiger partial charge >= 0.3 is 5.97 Å². The number of carbonyl (C=O) groups is 2. The first kappa shape index (κ1) is 15.0. The molecule has 1 heterocycles. The summed E-state index contributed by atoms with van der Waals surface area (Å²) in [7, 11) is 0. The summed E-state index contributed by atoms with van der Waals surface area (Å²) in [5.74, 6) is -0.564. The van der Waals surface area contributed by atoms with Crippen molar-refractivity contribution >= 4 is 22.9 Å². The molecule has 0 aliphatic rings. The van der Waals surface area contributed by atoms with Crippen LogP contribution in [-0.2, 0) is 16.1 Å². The molecule has 0 saturated heterocycles. The van der Waals surface area contributed by atoms with Crippen LogP contribution in [0.2, 0.25) is 0 Å². The van der Waals surface area contributed by atoms with Crippen LogP contribution < -0.4 is 5.32 Å². The molecule has 2 aromatic rings. The van der Waals surface area contributed by atoms with E-state index < -0.39 is 0 Å². The van der Waals surface area contributed by atoms with Gasteiger partial charge < -0.3 is 10.1 Å². The van der Waals surface area contributed by atoms with Crippen LogP contribution in [0.25, 0.3) is 11.0 Å². The van der Waals surface area contributed by atoms with Crippen LogP contribution in [0.3, 0.4) is 0 Å². The highest BCUT2D eigenvalue weighted by Gasteiger charge is 2.10. The number of carbonyl (C=O) groups excluding carboxylic acids is 2. The third-order valence-corrected chi connectivity index (χ3v) is 3.00. The van der Waals surface area contributed by atoms with E-state index in [9.17, 15) is 9.59 Å². The Balaban J connectivity index is 1.98. The minimum atomic E-state index is -0.320. The molecule has 1 N–H and O–H groups in total. The fourth-order valence-corrected chi connectivity index (χ4v) is 1.96. The topological polar surface area (TPSA) is 86.1 Å². The van der Waals surface area contributed by atoms with Gasteiger partial charge in [-0.15, -0.1) is 5.10 Å². The van der Waals surface area contributed by atoms with E-state index in [-0.39, 0.29) is 24.8 Å². The second-order valence-corrected chi connectivity index (χ2v) is 4.42. The van der Waals surface area contributed by atoms with Crippen LogP contribution in [0.5, 0.6) is 0 Å². The van der Waals surface area contributed by atoms with Crippen molar-refractivity contribution in [2.24, 2.45) is 0 Å². The van der Waals surface area contributed by atoms with E-state index in [4.69, 9.17) is 4.74 Å². The number of aryl methyl sites for hydroxylation is 1. The van der Waals surface area contributed by atoms with Gasteiger partial charge in [0.15, 0.2) is 0 Å². The molecule has 1 amide bonds. The Bertz CT molecular complexity index is 651. The van der Waals surface area contributed by atoms with E-state index in [1.807, 2.05) is 13.0 Å². The number of aromatic nitrogens is 3. The maximum Gasteiger partial charge on any atom is 0.307 e. The van der Waals surface area contributed by atoms with Gasteiger partial charge in [0.05, 0.1) is 18.5 Å². The second kappa shape index (κ2) is 6.83. The number of amides is 1. The van der Waals surface area contributed by atoms with Crippen molar-refractivity contribution in [3.8, 4) is 0 Å². The Kier molecular flexibility index (Phi) is 4.86. The zero-order valence-electron chi connectivity index (χ0n) is 12.1. The molecule has 1 aromatic carbocycles. The highest BCUT2D eigenvalue weighted by molar-refractivity contribution is 5.97. The molecule has 0 unspecified atom stereocenters. The maximum absolute atomic E-state index is 12.0. The van der Waals surface area contributed by atoms with Gasteiger partial charge in [0.2, 0.25) is 0 Å². The molecule has 2 rings (SSSR count). The first-order valence-corrected chi connectivity index (χ1v) is 6.92. The van der Waals surface area contributed by atoms with E-state index in [1.165, 1.54) is 0 Å². The molecule has 0 fully saturated rings. The molecule has 112 valence electrons. The van der Waals surface area contributed by atoms with Crippen molar-refractivity contribution in [1.82, 2.24) is 20.3 Å². The van der Waals surface area contributed by atoms with Crippen molar-refractivity contribution in [1.29, 1.82) is 0 Å². The third-order valence-electron chi connectivity index (χ3n) is 3.00. The van der Waals surface area contributed by atoms with Gasteiger partial charge in [0.25, 0.3) is 5.91 Å². The fraction of sp³-hybridized carbons (Fsp3) is 0.429. The molecule has 1 aromatic heterocycles. The average molecular weight is 290 g/mol. The lowest BCUT2D eigenvalue weighted by Gasteiger charge is -2.05. The number of hydrogen-bond acceptors (Lipinski definition) is 5. The summed E-state index contributed by atoms with van der Waals surface area (Å²) < 4.78 is 6.55. The summed E-state index contributed by atoms with van der Waals surface area (Å²) in [4.78, 5) is 23.2. The van der Waals surface area contributed by atoms with Gasteiger partial charge in [0.1, 0.15) is 5.52 Å². The molecule has 0 aliphatic carbocycles. The molecular weight excluding hydrogens is 272 g/mol. The lowest BCUT2D eigenvalue weighted by atomic mass is 10.2. The van der Waals surface area contributed by atoms with Crippen LogP contribution >= 0.6 is 0 Å². The second-order valence-electron chi connectivity index (χ2n) is 4.42. The van der Waals surface area contributed by atoms with Crippen LogP contribution in [0, 0.1) is 0 Å². The molecular formula is C14H18N4O3. The lowest BCUT2D eigenvalue weighted by molar-refractivity contribution is -0.142. The summed E-state index contributed by atoms with van der Waals surface area (Å²) in [6.07, 6.45) is 0.161. The number of rotatable bonds is 6. The van der Waals surface area contributed by atoms with Crippen LogP contribution in [-0.4, -0.2) is 40.0 Å². The molecule has 0 radical (unpaired) electrons. The number of nitrogens with one attached hydrogen (secondary N) is 1. The Morgan fingerprint density at radius 2 is 2.14 bits per heavy atom. The predicted molar refractivity (Wildman–Crippen MR) is 76.8 cm³/mol. The molecule has 7 nitrogen and oxygen atoms in total. The van der Waals surface area contributed by atoms with Crippen molar-refractivity contribution in [2.75, 3.05) is 13.2 Å². The van der Waals surface area contributed by atoms with E-state index in [2.05, 4.69) is 15.6 Å². The number of hydrogen-bond donors (Lipinski definition) is 1. The monoisotopic (exact) mass is 290 g/mol. The quantitative estimate of drug-likeness (QED) is 0.806. The van der Waals surface area contributed by atoms with Crippen molar-refractivity contribution in [2.45, 2.75) is 26.8 Å². The molecule has 21 heavy (non-hydrogen) atoms. The normalized spacial score (nSPS) is 10.6. The smallest absolute Gasteiger partial charge is 0.307 e. The van der Waals surface area contributed by atoms with Gasteiger partial charge in [-0.25, -0.2) is 4.68 Å². The Labute approximate surface area is 122 Å². The maximum atomic E-state index is 12.0. The van der Waals surface area contributed by atoms with Gasteiger partial charge in [-0.1, -0.05) is 5.21 Å². The molecule has 7 heteroatoms. The number of fused-ring (bicyclic) bond motifs is 1. The summed E-state index contributed by atoms with van der Waals surface area (Å²) >= 11 is 0. The standard InChI is InChI=1S/C14H18N4O3/c1-3-18-12-6-5-10(9-11(12)16-17-18)14(20)15-8-7-13(19)21-4-2/h5-6,9H,3-4,7-8H2,1-2H3,(H,15,20). The molecule has 0 atom stereocenters. The van der Waals surface area contributed by atoms with Crippen LogP contribution in [0.1, 0.15) is 30.6 Å². The van der Waals surface area contributed by atoms with E-state index in [0.717, 1.165) is 12.1 Å². The molecule has 0 bridgehead atoms. The van der Waals surface area contributed by atoms with Crippen molar-refractivity contribution in [3.05, 3.63) is 23.8 Å². The Hall–Kier alpha value is -2.44. The van der Waals surface area contributed by atoms with Gasteiger partial charge in [-0.2, -0.15) is 0 Å². The van der Waals surface area contributed by atoms with Crippen molar-refractivity contribution in [3.63, 3.8) is 0 Å². The van der Waals surface area contributed by atoms with E-state index in [1.54, 1.807) is 23.7 Å². The summed E-state index contributed by atoms with van der Waals surface area (Å²) in [5.41, 5.74) is 2.06. The van der Waals surface area contributed by atoms with Gasteiger partial charge in [-0.3, -0.25) is 9.59 Å². The SMILES string of the molecule is CCOC(=O)CCNC(=O)c1ccc2c(c1)nnn2CC. The zero-order valence-corrected chi connectivity index (χ0v) is 12.1. The first-order valence-electron chi connectivity index (χ1n) is 6.92. The van der Waals surface area contributed by atoms with Crippen LogP contribution in [0.4, 0.5) is 0 Å². The molecule has 0 saturated carbocycles. The Morgan fingerprint density at radius 1 is 1.33 bits per heavy atom. The Morgan fingerprint density at radius 3 is 2.86 bits per heavy atom. The lowest BCUT2D eigenvalue weighted by Crippen LogP contribution is -2.26. The average Bonchev–Trinajstić information content (AvgIpc) is 2.89. The minimum Gasteiger partial charge on any atom is -0.466 e. The molecule has 0 spiro atoms. The third kappa shape index (κ3) is 3.56. The fourth-order valence-electron chi connectivity index (χ4n) is 1.96. The highest BCUT2D eigenvalue weighted by atomic mass is 16.5. The van der Waals surface area contributed by atoms with Crippen LogP contribution in [0.15, 0.2) is 18.2 Å².